The second-order valence-electron chi connectivity index (χ2n) is 4.14. The standard InChI is InChI=1S/C8H16N2/c1-5-7(3,9-5)8(4)6(2)10-8/h5-6,9-10H,1-4H3. The normalized spacial score (nSPS) is 66.0. The molecule has 0 aromatic rings. The molecule has 2 rings (SSSR count). The smallest absolute Gasteiger partial charge is 0.0503 e. The molecular formula is C8H16N2. The van der Waals surface area contributed by atoms with Gasteiger partial charge in [-0.3, -0.25) is 0 Å². The van der Waals surface area contributed by atoms with Gasteiger partial charge in [-0.15, -0.1) is 0 Å². The van der Waals surface area contributed by atoms with Crippen LogP contribution in [0.3, 0.4) is 0 Å². The lowest BCUT2D eigenvalue weighted by Crippen LogP contribution is -2.35. The maximum absolute atomic E-state index is 3.48. The first kappa shape index (κ1) is 6.62. The molecule has 0 spiro atoms. The summed E-state index contributed by atoms with van der Waals surface area (Å²) in [5.41, 5.74) is 0.735. The maximum Gasteiger partial charge on any atom is 0.0503 e. The molecule has 2 heterocycles. The molecule has 2 heteroatoms. The van der Waals surface area contributed by atoms with Gasteiger partial charge in [-0.05, 0) is 27.7 Å². The van der Waals surface area contributed by atoms with E-state index in [4.69, 9.17) is 0 Å². The van der Waals surface area contributed by atoms with Crippen LogP contribution < -0.4 is 10.6 Å². The molecule has 2 nitrogen and oxygen atoms in total. The first-order chi connectivity index (χ1) is 4.51. The molecule has 2 fully saturated rings. The van der Waals surface area contributed by atoms with Gasteiger partial charge in [-0.1, -0.05) is 0 Å². The van der Waals surface area contributed by atoms with E-state index < -0.39 is 0 Å². The third kappa shape index (κ3) is 0.523. The zero-order valence-corrected chi connectivity index (χ0v) is 7.15. The molecule has 0 saturated carbocycles. The number of hydrogen-bond acceptors (Lipinski definition) is 2. The molecule has 58 valence electrons. The van der Waals surface area contributed by atoms with Crippen LogP contribution in [-0.2, 0) is 0 Å². The molecule has 4 atom stereocenters. The Morgan fingerprint density at radius 1 is 0.900 bits per heavy atom. The Morgan fingerprint density at radius 2 is 1.10 bits per heavy atom. The van der Waals surface area contributed by atoms with Crippen LogP contribution in [0.25, 0.3) is 0 Å². The number of hydrogen-bond donors (Lipinski definition) is 2. The van der Waals surface area contributed by atoms with Gasteiger partial charge in [0.1, 0.15) is 0 Å². The van der Waals surface area contributed by atoms with Crippen LogP contribution in [0, 0.1) is 0 Å². The third-order valence-electron chi connectivity index (χ3n) is 3.68. The second-order valence-corrected chi connectivity index (χ2v) is 4.14. The summed E-state index contributed by atoms with van der Waals surface area (Å²) in [6.07, 6.45) is 0. The molecule has 0 aromatic heterocycles. The summed E-state index contributed by atoms with van der Waals surface area (Å²) in [7, 11) is 0. The quantitative estimate of drug-likeness (QED) is 0.520. The predicted molar refractivity (Wildman–Crippen MR) is 42.0 cm³/mol. The van der Waals surface area contributed by atoms with Crippen molar-refractivity contribution < 1.29 is 0 Å². The van der Waals surface area contributed by atoms with Crippen LogP contribution in [0.5, 0.6) is 0 Å². The van der Waals surface area contributed by atoms with Crippen LogP contribution in [0.1, 0.15) is 27.7 Å². The van der Waals surface area contributed by atoms with E-state index >= 15 is 0 Å². The molecule has 2 aliphatic heterocycles. The summed E-state index contributed by atoms with van der Waals surface area (Å²) >= 11 is 0. The molecule has 2 saturated heterocycles. The number of nitrogens with one attached hydrogen (secondary N) is 2. The van der Waals surface area contributed by atoms with Crippen molar-refractivity contribution in [2.45, 2.75) is 50.9 Å². The monoisotopic (exact) mass is 140 g/mol. The van der Waals surface area contributed by atoms with E-state index in [1.807, 2.05) is 0 Å². The van der Waals surface area contributed by atoms with E-state index in [0.717, 1.165) is 0 Å². The highest BCUT2D eigenvalue weighted by atomic mass is 15.4. The van der Waals surface area contributed by atoms with Gasteiger partial charge in [0.05, 0.1) is 11.1 Å². The highest BCUT2D eigenvalue weighted by Gasteiger charge is 2.68. The van der Waals surface area contributed by atoms with Gasteiger partial charge < -0.3 is 10.6 Å². The van der Waals surface area contributed by atoms with Gasteiger partial charge >= 0.3 is 0 Å². The Morgan fingerprint density at radius 3 is 1.20 bits per heavy atom. The molecule has 2 aliphatic rings. The Labute approximate surface area is 62.4 Å². The third-order valence-corrected chi connectivity index (χ3v) is 3.68. The van der Waals surface area contributed by atoms with Gasteiger partial charge in [-0.25, -0.2) is 0 Å². The van der Waals surface area contributed by atoms with Crippen molar-refractivity contribution >= 4 is 0 Å². The lowest BCUT2D eigenvalue weighted by molar-refractivity contribution is 0.496. The van der Waals surface area contributed by atoms with E-state index in [1.165, 1.54) is 0 Å². The van der Waals surface area contributed by atoms with Crippen LogP contribution in [0.4, 0.5) is 0 Å². The Hall–Kier alpha value is -0.0800. The largest absolute Gasteiger partial charge is 0.304 e. The van der Waals surface area contributed by atoms with Crippen molar-refractivity contribution in [1.82, 2.24) is 10.6 Å². The van der Waals surface area contributed by atoms with E-state index in [9.17, 15) is 0 Å². The Kier molecular flexibility index (Phi) is 0.933. The summed E-state index contributed by atoms with van der Waals surface area (Å²) in [5.74, 6) is 0. The van der Waals surface area contributed by atoms with Gasteiger partial charge in [0, 0.05) is 12.1 Å². The van der Waals surface area contributed by atoms with Crippen LogP contribution >= 0.6 is 0 Å². The summed E-state index contributed by atoms with van der Waals surface area (Å²) < 4.78 is 0. The lowest BCUT2D eigenvalue weighted by Gasteiger charge is -2.15. The summed E-state index contributed by atoms with van der Waals surface area (Å²) in [5, 5.41) is 6.96. The SMILES string of the molecule is CC1NC1(C)C1(C)NC1C. The zero-order valence-electron chi connectivity index (χ0n) is 7.15. The Balaban J connectivity index is 2.14. The minimum Gasteiger partial charge on any atom is -0.304 e. The first-order valence-electron chi connectivity index (χ1n) is 4.06. The molecular weight excluding hydrogens is 124 g/mol. The van der Waals surface area contributed by atoms with Crippen molar-refractivity contribution in [2.75, 3.05) is 0 Å². The summed E-state index contributed by atoms with van der Waals surface area (Å²) in [6.45, 7) is 9.10. The van der Waals surface area contributed by atoms with E-state index in [0.29, 0.717) is 23.2 Å². The van der Waals surface area contributed by atoms with Crippen LogP contribution in [0.15, 0.2) is 0 Å². The van der Waals surface area contributed by atoms with Crippen molar-refractivity contribution in [3.05, 3.63) is 0 Å². The average Bonchev–Trinajstić information content (AvgIpc) is 2.58. The highest BCUT2D eigenvalue weighted by Crippen LogP contribution is 2.46. The predicted octanol–water partition coefficient (Wildman–Crippen LogP) is 0.487. The fourth-order valence-corrected chi connectivity index (χ4v) is 2.02. The topological polar surface area (TPSA) is 43.9 Å². The molecule has 10 heavy (non-hydrogen) atoms. The second kappa shape index (κ2) is 1.41. The molecule has 2 N–H and O–H groups in total. The van der Waals surface area contributed by atoms with Crippen LogP contribution in [0.2, 0.25) is 0 Å². The molecule has 0 amide bonds. The van der Waals surface area contributed by atoms with E-state index in [-0.39, 0.29) is 0 Å². The molecule has 0 aliphatic carbocycles. The van der Waals surface area contributed by atoms with Crippen molar-refractivity contribution in [3.63, 3.8) is 0 Å². The summed E-state index contributed by atoms with van der Waals surface area (Å²) in [4.78, 5) is 0. The number of rotatable bonds is 1. The van der Waals surface area contributed by atoms with Gasteiger partial charge in [0.25, 0.3) is 0 Å². The van der Waals surface area contributed by atoms with E-state index in [2.05, 4.69) is 38.3 Å². The Bertz CT molecular complexity index is 160. The maximum atomic E-state index is 3.48. The van der Waals surface area contributed by atoms with Crippen molar-refractivity contribution in [3.8, 4) is 0 Å². The summed E-state index contributed by atoms with van der Waals surface area (Å²) in [6, 6.07) is 1.38. The fraction of sp³-hybridized carbons (Fsp3) is 1.00. The van der Waals surface area contributed by atoms with Crippen LogP contribution in [-0.4, -0.2) is 23.2 Å². The van der Waals surface area contributed by atoms with Crippen molar-refractivity contribution in [2.24, 2.45) is 0 Å². The van der Waals surface area contributed by atoms with Crippen molar-refractivity contribution in [1.29, 1.82) is 0 Å². The first-order valence-corrected chi connectivity index (χ1v) is 4.06. The fourth-order valence-electron chi connectivity index (χ4n) is 2.02. The zero-order chi connectivity index (χ0) is 7.57. The minimum absolute atomic E-state index is 0.367. The molecule has 4 unspecified atom stereocenters. The van der Waals surface area contributed by atoms with E-state index in [1.54, 1.807) is 0 Å². The molecule has 0 aromatic carbocycles. The van der Waals surface area contributed by atoms with Gasteiger partial charge in [0.15, 0.2) is 0 Å². The molecule has 0 bridgehead atoms. The average molecular weight is 140 g/mol. The lowest BCUT2D eigenvalue weighted by atomic mass is 9.89. The van der Waals surface area contributed by atoms with Gasteiger partial charge in [-0.2, -0.15) is 0 Å². The minimum atomic E-state index is 0.367. The molecule has 0 radical (unpaired) electrons. The highest BCUT2D eigenvalue weighted by molar-refractivity contribution is 5.32. The van der Waals surface area contributed by atoms with Gasteiger partial charge in [0.2, 0.25) is 0 Å².